The predicted molar refractivity (Wildman–Crippen MR) is 51.6 cm³/mol. The van der Waals surface area contributed by atoms with Gasteiger partial charge in [0.15, 0.2) is 0 Å². The van der Waals surface area contributed by atoms with Crippen LogP contribution in [0.4, 0.5) is 0 Å². The number of thioether (sulfide) groups is 1. The molecule has 0 aromatic heterocycles. The zero-order valence-corrected chi connectivity index (χ0v) is 8.26. The topological polar surface area (TPSA) is 92.4 Å². The van der Waals surface area contributed by atoms with Crippen LogP contribution >= 0.6 is 11.8 Å². The van der Waals surface area contributed by atoms with Crippen molar-refractivity contribution in [1.82, 2.24) is 5.32 Å². The van der Waals surface area contributed by atoms with Gasteiger partial charge in [-0.1, -0.05) is 0 Å². The van der Waals surface area contributed by atoms with Crippen molar-refractivity contribution in [3.63, 3.8) is 0 Å². The summed E-state index contributed by atoms with van der Waals surface area (Å²) in [6, 6.07) is -0.817. The Kier molecular flexibility index (Phi) is 6.34. The van der Waals surface area contributed by atoms with Gasteiger partial charge in [-0.05, 0) is 0 Å². The summed E-state index contributed by atoms with van der Waals surface area (Å²) in [6.07, 6.45) is 0. The van der Waals surface area contributed by atoms with Crippen molar-refractivity contribution in [3.05, 3.63) is 0 Å². The first-order valence-corrected chi connectivity index (χ1v) is 5.00. The summed E-state index contributed by atoms with van der Waals surface area (Å²) >= 11 is 1.41. The number of amides is 1. The molecule has 0 bridgehead atoms. The van der Waals surface area contributed by atoms with E-state index in [1.165, 1.54) is 18.7 Å². The van der Waals surface area contributed by atoms with Gasteiger partial charge in [-0.2, -0.15) is 11.8 Å². The maximum Gasteiger partial charge on any atom is 0.321 e. The molecule has 0 unspecified atom stereocenters. The second-order valence-electron chi connectivity index (χ2n) is 2.50. The molecule has 0 aromatic rings. The molecule has 0 aromatic carbocycles. The van der Waals surface area contributed by atoms with Gasteiger partial charge in [-0.15, -0.1) is 0 Å². The maximum atomic E-state index is 10.4. The lowest BCUT2D eigenvalue weighted by atomic mass is 10.4. The Balaban J connectivity index is 3.26. The van der Waals surface area contributed by atoms with Crippen molar-refractivity contribution in [1.29, 1.82) is 0 Å². The van der Waals surface area contributed by atoms with Gasteiger partial charge < -0.3 is 16.2 Å². The quantitative estimate of drug-likeness (QED) is 0.498. The van der Waals surface area contributed by atoms with E-state index in [0.29, 0.717) is 18.1 Å². The Morgan fingerprint density at radius 1 is 1.62 bits per heavy atom. The van der Waals surface area contributed by atoms with E-state index in [-0.39, 0.29) is 5.91 Å². The van der Waals surface area contributed by atoms with Crippen molar-refractivity contribution < 1.29 is 14.7 Å². The van der Waals surface area contributed by atoms with Crippen LogP contribution in [0.2, 0.25) is 0 Å². The molecular formula is C7H14N2O3S. The Labute approximate surface area is 81.1 Å². The van der Waals surface area contributed by atoms with Crippen LogP contribution in [0.1, 0.15) is 6.92 Å². The largest absolute Gasteiger partial charge is 0.480 e. The Morgan fingerprint density at radius 2 is 2.23 bits per heavy atom. The average molecular weight is 206 g/mol. The number of hydrogen-bond donors (Lipinski definition) is 3. The van der Waals surface area contributed by atoms with Gasteiger partial charge in [0, 0.05) is 25.0 Å². The molecule has 0 saturated carbocycles. The van der Waals surface area contributed by atoms with Gasteiger partial charge in [0.25, 0.3) is 0 Å². The molecule has 0 spiro atoms. The predicted octanol–water partition coefficient (Wildman–Crippen LogP) is -0.732. The van der Waals surface area contributed by atoms with Crippen LogP contribution in [0.3, 0.4) is 0 Å². The van der Waals surface area contributed by atoms with Crippen LogP contribution in [-0.2, 0) is 9.59 Å². The fraction of sp³-hybridized carbons (Fsp3) is 0.714. The molecule has 6 heteroatoms. The zero-order valence-electron chi connectivity index (χ0n) is 7.45. The highest BCUT2D eigenvalue weighted by Gasteiger charge is 2.10. The number of rotatable bonds is 6. The average Bonchev–Trinajstić information content (AvgIpc) is 2.02. The minimum Gasteiger partial charge on any atom is -0.480 e. The Bertz CT molecular complexity index is 187. The summed E-state index contributed by atoms with van der Waals surface area (Å²) in [6.45, 7) is 1.99. The van der Waals surface area contributed by atoms with Crippen LogP contribution in [0, 0.1) is 0 Å². The highest BCUT2D eigenvalue weighted by Crippen LogP contribution is 2.00. The number of nitrogens with one attached hydrogen (secondary N) is 1. The highest BCUT2D eigenvalue weighted by molar-refractivity contribution is 7.99. The van der Waals surface area contributed by atoms with E-state index < -0.39 is 12.0 Å². The monoisotopic (exact) mass is 206 g/mol. The van der Waals surface area contributed by atoms with E-state index >= 15 is 0 Å². The van der Waals surface area contributed by atoms with Crippen LogP contribution < -0.4 is 11.1 Å². The third kappa shape index (κ3) is 7.61. The summed E-state index contributed by atoms with van der Waals surface area (Å²) in [4.78, 5) is 20.7. The lowest BCUT2D eigenvalue weighted by Gasteiger charge is -2.05. The first-order chi connectivity index (χ1) is 6.04. The first-order valence-electron chi connectivity index (χ1n) is 3.84. The molecule has 13 heavy (non-hydrogen) atoms. The number of carbonyl (C=O) groups excluding carboxylic acids is 1. The number of carboxylic acid groups (broad SMARTS) is 1. The van der Waals surface area contributed by atoms with E-state index in [0.717, 1.165) is 0 Å². The molecule has 0 aliphatic heterocycles. The third-order valence-corrected chi connectivity index (χ3v) is 2.32. The second-order valence-corrected chi connectivity index (χ2v) is 3.65. The normalized spacial score (nSPS) is 12.2. The van der Waals surface area contributed by atoms with Crippen molar-refractivity contribution in [2.75, 3.05) is 18.1 Å². The molecule has 1 amide bonds. The molecule has 0 radical (unpaired) electrons. The van der Waals surface area contributed by atoms with E-state index in [1.807, 2.05) is 0 Å². The molecule has 0 fully saturated rings. The maximum absolute atomic E-state index is 10.4. The van der Waals surface area contributed by atoms with Crippen molar-refractivity contribution >= 4 is 23.6 Å². The summed E-state index contributed by atoms with van der Waals surface area (Å²) in [7, 11) is 0. The van der Waals surface area contributed by atoms with Gasteiger partial charge in [-0.3, -0.25) is 9.59 Å². The molecule has 5 nitrogen and oxygen atoms in total. The summed E-state index contributed by atoms with van der Waals surface area (Å²) < 4.78 is 0. The molecule has 0 heterocycles. The molecule has 0 aliphatic rings. The number of carbonyl (C=O) groups is 2. The zero-order chi connectivity index (χ0) is 10.3. The fourth-order valence-corrected chi connectivity index (χ4v) is 1.39. The first kappa shape index (κ1) is 12.2. The summed E-state index contributed by atoms with van der Waals surface area (Å²) in [5.41, 5.74) is 5.25. The number of carboxylic acids is 1. The van der Waals surface area contributed by atoms with E-state index in [9.17, 15) is 9.59 Å². The number of aliphatic carboxylic acids is 1. The van der Waals surface area contributed by atoms with Gasteiger partial charge in [0.2, 0.25) is 5.91 Å². The van der Waals surface area contributed by atoms with Gasteiger partial charge >= 0.3 is 5.97 Å². The minimum absolute atomic E-state index is 0.0804. The van der Waals surface area contributed by atoms with Gasteiger partial charge in [-0.25, -0.2) is 0 Å². The van der Waals surface area contributed by atoms with Crippen molar-refractivity contribution in [2.45, 2.75) is 13.0 Å². The fourth-order valence-electron chi connectivity index (χ4n) is 0.581. The number of nitrogens with two attached hydrogens (primary N) is 1. The molecule has 76 valence electrons. The summed E-state index contributed by atoms with van der Waals surface area (Å²) in [5.74, 6) is -0.0229. The molecular weight excluding hydrogens is 192 g/mol. The van der Waals surface area contributed by atoms with Crippen LogP contribution in [0.5, 0.6) is 0 Å². The molecule has 0 rings (SSSR count). The molecule has 1 atom stereocenters. The lowest BCUT2D eigenvalue weighted by Crippen LogP contribution is -2.33. The van der Waals surface area contributed by atoms with E-state index in [1.54, 1.807) is 0 Å². The lowest BCUT2D eigenvalue weighted by molar-refractivity contribution is -0.137. The second kappa shape index (κ2) is 6.73. The van der Waals surface area contributed by atoms with E-state index in [2.05, 4.69) is 5.32 Å². The highest BCUT2D eigenvalue weighted by atomic mass is 32.2. The Hall–Kier alpha value is -0.750. The smallest absolute Gasteiger partial charge is 0.321 e. The number of hydrogen-bond acceptors (Lipinski definition) is 4. The van der Waals surface area contributed by atoms with Crippen molar-refractivity contribution in [2.24, 2.45) is 5.73 Å². The SMILES string of the molecule is CC(=O)NCCSC[C@@H](N)C(=O)O. The third-order valence-electron chi connectivity index (χ3n) is 1.23. The van der Waals surface area contributed by atoms with Gasteiger partial charge in [0.05, 0.1) is 0 Å². The van der Waals surface area contributed by atoms with Crippen molar-refractivity contribution in [3.8, 4) is 0 Å². The Morgan fingerprint density at radius 3 is 2.69 bits per heavy atom. The van der Waals surface area contributed by atoms with E-state index in [4.69, 9.17) is 10.8 Å². The molecule has 0 saturated heterocycles. The van der Waals surface area contributed by atoms with Gasteiger partial charge in [0.1, 0.15) is 6.04 Å². The summed E-state index contributed by atoms with van der Waals surface area (Å²) in [5, 5.41) is 11.0. The molecule has 0 aliphatic carbocycles. The van der Waals surface area contributed by atoms with Crippen LogP contribution in [0.25, 0.3) is 0 Å². The van der Waals surface area contributed by atoms with Crippen LogP contribution in [-0.4, -0.2) is 41.1 Å². The molecule has 4 N–H and O–H groups in total. The minimum atomic E-state index is -0.993. The standard InChI is InChI=1S/C7H14N2O3S/c1-5(10)9-2-3-13-4-6(8)7(11)12/h6H,2-4,8H2,1H3,(H,9,10)(H,11,12)/t6-/m1/s1. The van der Waals surface area contributed by atoms with Crippen LogP contribution in [0.15, 0.2) is 0 Å².